The van der Waals surface area contributed by atoms with Gasteiger partial charge in [-0.1, -0.05) is 313 Å². The first-order valence-corrected chi connectivity index (χ1v) is 30.9. The number of aliphatic hydroxyl groups excluding tert-OH is 2. The molecule has 0 spiro atoms. The van der Waals surface area contributed by atoms with Crippen molar-refractivity contribution in [3.05, 3.63) is 48.6 Å². The molecule has 0 aliphatic heterocycles. The van der Waals surface area contributed by atoms with Gasteiger partial charge in [0.15, 0.2) is 0 Å². The molecule has 4 heteroatoms. The Morgan fingerprint density at radius 3 is 0.941 bits per heavy atom. The number of aliphatic hydroxyl groups is 2. The maximum absolute atomic E-state index is 12.5. The van der Waals surface area contributed by atoms with Crippen molar-refractivity contribution in [3.8, 4) is 0 Å². The van der Waals surface area contributed by atoms with E-state index < -0.39 is 12.1 Å². The summed E-state index contributed by atoms with van der Waals surface area (Å²) in [6.45, 7) is 4.30. The lowest BCUT2D eigenvalue weighted by molar-refractivity contribution is -0.123. The normalized spacial score (nSPS) is 13.1. The SMILES string of the molecule is CCCCCCC/C=C\C/C=C\CCCCCCCCCCCCCCCCCCCCCCCCCCCCCCCC(=O)NC(CO)C(O)/C=C/CC/C=C/CCCCCCCCCCC. The summed E-state index contributed by atoms with van der Waals surface area (Å²) in [5.74, 6) is -0.0686. The van der Waals surface area contributed by atoms with E-state index in [0.717, 1.165) is 38.5 Å². The molecular formula is C64H121NO3. The quantitative estimate of drug-likeness (QED) is 0.0420. The van der Waals surface area contributed by atoms with Crippen LogP contribution in [0.1, 0.15) is 335 Å². The van der Waals surface area contributed by atoms with Gasteiger partial charge in [-0.2, -0.15) is 0 Å². The van der Waals surface area contributed by atoms with Crippen molar-refractivity contribution in [2.75, 3.05) is 6.61 Å². The van der Waals surface area contributed by atoms with Crippen molar-refractivity contribution in [2.45, 2.75) is 347 Å². The lowest BCUT2D eigenvalue weighted by atomic mass is 10.0. The van der Waals surface area contributed by atoms with Crippen molar-refractivity contribution >= 4 is 5.91 Å². The van der Waals surface area contributed by atoms with Gasteiger partial charge in [-0.25, -0.2) is 0 Å². The number of nitrogens with one attached hydrogen (secondary N) is 1. The number of carbonyl (C=O) groups is 1. The van der Waals surface area contributed by atoms with Gasteiger partial charge in [0.05, 0.1) is 18.8 Å². The number of amides is 1. The molecule has 0 fully saturated rings. The van der Waals surface area contributed by atoms with Gasteiger partial charge in [0.25, 0.3) is 0 Å². The van der Waals surface area contributed by atoms with E-state index in [9.17, 15) is 15.0 Å². The van der Waals surface area contributed by atoms with Gasteiger partial charge in [-0.05, 0) is 64.2 Å². The van der Waals surface area contributed by atoms with Crippen molar-refractivity contribution in [2.24, 2.45) is 0 Å². The summed E-state index contributed by atoms with van der Waals surface area (Å²) >= 11 is 0. The van der Waals surface area contributed by atoms with E-state index in [1.165, 1.54) is 276 Å². The highest BCUT2D eigenvalue weighted by Crippen LogP contribution is 2.18. The second kappa shape index (κ2) is 59.7. The van der Waals surface area contributed by atoms with Crippen LogP contribution in [0.2, 0.25) is 0 Å². The first-order chi connectivity index (χ1) is 33.7. The van der Waals surface area contributed by atoms with Crippen LogP contribution in [0.15, 0.2) is 48.6 Å². The van der Waals surface area contributed by atoms with Crippen molar-refractivity contribution in [3.63, 3.8) is 0 Å². The second-order valence-corrected chi connectivity index (χ2v) is 21.1. The van der Waals surface area contributed by atoms with E-state index in [1.807, 2.05) is 6.08 Å². The third-order valence-electron chi connectivity index (χ3n) is 14.3. The summed E-state index contributed by atoms with van der Waals surface area (Å²) in [6, 6.07) is -0.637. The van der Waals surface area contributed by atoms with E-state index in [0.29, 0.717) is 6.42 Å². The molecule has 0 aromatic carbocycles. The van der Waals surface area contributed by atoms with Gasteiger partial charge in [-0.3, -0.25) is 4.79 Å². The number of hydrogen-bond donors (Lipinski definition) is 3. The van der Waals surface area contributed by atoms with Crippen molar-refractivity contribution in [1.29, 1.82) is 0 Å². The molecular weight excluding hydrogens is 831 g/mol. The molecule has 4 nitrogen and oxygen atoms in total. The predicted octanol–water partition coefficient (Wildman–Crippen LogP) is 20.6. The molecule has 0 rings (SSSR count). The molecule has 0 heterocycles. The van der Waals surface area contributed by atoms with Gasteiger partial charge >= 0.3 is 0 Å². The fourth-order valence-corrected chi connectivity index (χ4v) is 9.58. The highest BCUT2D eigenvalue weighted by atomic mass is 16.3. The molecule has 0 aliphatic carbocycles. The Morgan fingerprint density at radius 1 is 0.353 bits per heavy atom. The summed E-state index contributed by atoms with van der Waals surface area (Å²) in [7, 11) is 0. The lowest BCUT2D eigenvalue weighted by Gasteiger charge is -2.19. The van der Waals surface area contributed by atoms with Gasteiger partial charge in [0, 0.05) is 6.42 Å². The van der Waals surface area contributed by atoms with E-state index in [4.69, 9.17) is 0 Å². The van der Waals surface area contributed by atoms with E-state index in [2.05, 4.69) is 55.6 Å². The Kier molecular flexibility index (Phi) is 58.2. The van der Waals surface area contributed by atoms with Crippen LogP contribution in [0.4, 0.5) is 0 Å². The molecule has 2 atom stereocenters. The Labute approximate surface area is 426 Å². The third-order valence-corrected chi connectivity index (χ3v) is 14.3. The average molecular weight is 953 g/mol. The summed E-state index contributed by atoms with van der Waals surface area (Å²) in [5.41, 5.74) is 0. The molecule has 0 bridgehead atoms. The zero-order chi connectivity index (χ0) is 49.2. The van der Waals surface area contributed by atoms with Crippen LogP contribution < -0.4 is 5.32 Å². The smallest absolute Gasteiger partial charge is 0.220 e. The minimum atomic E-state index is -0.860. The first kappa shape index (κ1) is 66.3. The number of allylic oxidation sites excluding steroid dienone is 7. The minimum Gasteiger partial charge on any atom is -0.394 e. The van der Waals surface area contributed by atoms with Crippen LogP contribution in [-0.4, -0.2) is 34.9 Å². The molecule has 0 aromatic heterocycles. The molecule has 1 amide bonds. The fraction of sp³-hybridized carbons (Fsp3) is 0.859. The van der Waals surface area contributed by atoms with Crippen LogP contribution in [0.5, 0.6) is 0 Å². The van der Waals surface area contributed by atoms with Crippen LogP contribution in [0.3, 0.4) is 0 Å². The summed E-state index contributed by atoms with van der Waals surface area (Å²) < 4.78 is 0. The Morgan fingerprint density at radius 2 is 0.618 bits per heavy atom. The molecule has 2 unspecified atom stereocenters. The van der Waals surface area contributed by atoms with Gasteiger partial charge in [0.2, 0.25) is 5.91 Å². The maximum atomic E-state index is 12.5. The van der Waals surface area contributed by atoms with Gasteiger partial charge in [0.1, 0.15) is 0 Å². The predicted molar refractivity (Wildman–Crippen MR) is 304 cm³/mol. The number of unbranched alkanes of at least 4 members (excludes halogenated alkanes) is 44. The Hall–Kier alpha value is -1.65. The highest BCUT2D eigenvalue weighted by molar-refractivity contribution is 5.76. The van der Waals surface area contributed by atoms with Crippen LogP contribution in [-0.2, 0) is 4.79 Å². The molecule has 0 aromatic rings. The Balaban J connectivity index is 3.38. The monoisotopic (exact) mass is 952 g/mol. The standard InChI is InChI=1S/C64H121NO3/c1-3-5-7-9-11-13-15-17-19-20-21-22-23-24-25-26-27-28-29-30-31-32-33-34-35-36-37-38-39-40-41-42-43-44-46-48-50-52-54-56-58-60-64(68)65-62(61-66)63(67)59-57-55-53-51-49-47-45-18-16-14-12-10-8-6-4-2/h15,17,20-21,49,51,57,59,62-63,66-67H,3-14,16,18-19,22-48,50,52-56,58,60-61H2,1-2H3,(H,65,68)/b17-15-,21-20-,51-49+,59-57+. The third kappa shape index (κ3) is 55.3. The molecule has 68 heavy (non-hydrogen) atoms. The first-order valence-electron chi connectivity index (χ1n) is 30.9. The molecule has 0 radical (unpaired) electrons. The second-order valence-electron chi connectivity index (χ2n) is 21.1. The summed E-state index contributed by atoms with van der Waals surface area (Å²) in [5, 5.41) is 23.1. The number of carbonyl (C=O) groups excluding carboxylic acids is 1. The number of hydrogen-bond acceptors (Lipinski definition) is 3. The van der Waals surface area contributed by atoms with Gasteiger partial charge in [-0.15, -0.1) is 0 Å². The Bertz CT molecular complexity index is 1080. The van der Waals surface area contributed by atoms with Crippen LogP contribution in [0, 0.1) is 0 Å². The maximum Gasteiger partial charge on any atom is 0.220 e. The summed E-state index contributed by atoms with van der Waals surface area (Å²) in [6.07, 6.45) is 83.2. The van der Waals surface area contributed by atoms with E-state index >= 15 is 0 Å². The minimum absolute atomic E-state index is 0.0686. The van der Waals surface area contributed by atoms with Crippen molar-refractivity contribution < 1.29 is 15.0 Å². The zero-order valence-corrected chi connectivity index (χ0v) is 46.1. The van der Waals surface area contributed by atoms with Gasteiger partial charge < -0.3 is 15.5 Å². The topological polar surface area (TPSA) is 69.6 Å². The molecule has 0 saturated heterocycles. The highest BCUT2D eigenvalue weighted by Gasteiger charge is 2.18. The molecule has 400 valence electrons. The van der Waals surface area contributed by atoms with Crippen LogP contribution >= 0.6 is 0 Å². The molecule has 3 N–H and O–H groups in total. The van der Waals surface area contributed by atoms with E-state index in [1.54, 1.807) is 6.08 Å². The molecule has 0 aliphatic rings. The number of rotatable bonds is 57. The van der Waals surface area contributed by atoms with E-state index in [-0.39, 0.29) is 12.5 Å². The molecule has 0 saturated carbocycles. The largest absolute Gasteiger partial charge is 0.394 e. The summed E-state index contributed by atoms with van der Waals surface area (Å²) in [4.78, 5) is 12.5. The zero-order valence-electron chi connectivity index (χ0n) is 46.1. The van der Waals surface area contributed by atoms with Crippen molar-refractivity contribution in [1.82, 2.24) is 5.32 Å². The lowest BCUT2D eigenvalue weighted by Crippen LogP contribution is -2.45. The average Bonchev–Trinajstić information content (AvgIpc) is 3.34. The van der Waals surface area contributed by atoms with Crippen LogP contribution in [0.25, 0.3) is 0 Å². The fourth-order valence-electron chi connectivity index (χ4n) is 9.58.